The first kappa shape index (κ1) is 26.4. The highest BCUT2D eigenvalue weighted by Gasteiger charge is 2.36. The molecule has 4 rings (SSSR count). The fraction of sp³-hybridized carbons (Fsp3) is 0.520. The molecule has 198 valence electrons. The van der Waals surface area contributed by atoms with Gasteiger partial charge in [0.25, 0.3) is 0 Å². The molecule has 0 bridgehead atoms. The molecule has 0 saturated carbocycles. The zero-order valence-corrected chi connectivity index (χ0v) is 22.2. The summed E-state index contributed by atoms with van der Waals surface area (Å²) in [6, 6.07) is 5.83. The molecule has 0 spiro atoms. The lowest BCUT2D eigenvalue weighted by Gasteiger charge is -2.41. The van der Waals surface area contributed by atoms with Gasteiger partial charge in [-0.3, -0.25) is 9.69 Å². The number of hydrogen-bond acceptors (Lipinski definition) is 11. The second-order valence-electron chi connectivity index (χ2n) is 9.94. The second kappa shape index (κ2) is 10.8. The number of carboxylic acid groups (broad SMARTS) is 1. The number of ether oxygens (including phenoxy) is 1. The minimum atomic E-state index is -0.894. The molecule has 3 aromatic rings. The number of aromatic nitrogens is 5. The van der Waals surface area contributed by atoms with E-state index < -0.39 is 11.5 Å². The lowest BCUT2D eigenvalue weighted by molar-refractivity contribution is -0.149. The number of aliphatic carboxylic acids is 1. The van der Waals surface area contributed by atoms with Crippen molar-refractivity contribution >= 4 is 40.3 Å². The third-order valence-electron chi connectivity index (χ3n) is 6.59. The van der Waals surface area contributed by atoms with Gasteiger partial charge in [0, 0.05) is 50.9 Å². The molecule has 1 aliphatic heterocycles. The van der Waals surface area contributed by atoms with Crippen molar-refractivity contribution < 1.29 is 14.6 Å². The molecule has 12 heteroatoms. The molecule has 0 unspecified atom stereocenters. The molecule has 1 fully saturated rings. The molecule has 1 saturated heterocycles. The Morgan fingerprint density at radius 1 is 1.11 bits per heavy atom. The molecule has 4 heterocycles. The molecular weight excluding hydrogens is 474 g/mol. The SMILES string of the molecule is CO[C@H](C)c1cc2cnc(Nc3ccc(N4CCN(C(C)(C)C(=O)O)CC4)nn3)nc2c(NC(C)C)n1. The molecule has 0 amide bonds. The van der Waals surface area contributed by atoms with Crippen LogP contribution in [0.1, 0.15) is 46.4 Å². The van der Waals surface area contributed by atoms with Crippen LogP contribution in [0.3, 0.4) is 0 Å². The Labute approximate surface area is 216 Å². The normalized spacial score (nSPS) is 15.7. The van der Waals surface area contributed by atoms with Gasteiger partial charge in [0.2, 0.25) is 5.95 Å². The summed E-state index contributed by atoms with van der Waals surface area (Å²) in [6.45, 7) is 12.1. The number of carboxylic acids is 1. The summed E-state index contributed by atoms with van der Waals surface area (Å²) in [6.07, 6.45) is 1.60. The highest BCUT2D eigenvalue weighted by atomic mass is 16.5. The van der Waals surface area contributed by atoms with E-state index in [-0.39, 0.29) is 12.1 Å². The van der Waals surface area contributed by atoms with Crippen molar-refractivity contribution in [3.63, 3.8) is 0 Å². The zero-order chi connectivity index (χ0) is 26.7. The van der Waals surface area contributed by atoms with Crippen molar-refractivity contribution in [2.75, 3.05) is 48.8 Å². The molecule has 1 aliphatic rings. The first-order valence-electron chi connectivity index (χ1n) is 12.4. The van der Waals surface area contributed by atoms with Gasteiger partial charge in [0.15, 0.2) is 17.5 Å². The molecule has 3 aromatic heterocycles. The van der Waals surface area contributed by atoms with E-state index in [0.29, 0.717) is 49.3 Å². The van der Waals surface area contributed by atoms with E-state index >= 15 is 0 Å². The van der Waals surface area contributed by atoms with Crippen LogP contribution in [0, 0.1) is 0 Å². The predicted octanol–water partition coefficient (Wildman–Crippen LogP) is 3.07. The monoisotopic (exact) mass is 509 g/mol. The third kappa shape index (κ3) is 5.86. The van der Waals surface area contributed by atoms with Crippen LogP contribution in [0.15, 0.2) is 24.4 Å². The maximum absolute atomic E-state index is 11.5. The van der Waals surface area contributed by atoms with E-state index in [4.69, 9.17) is 9.72 Å². The summed E-state index contributed by atoms with van der Waals surface area (Å²) in [7, 11) is 1.65. The average Bonchev–Trinajstić information content (AvgIpc) is 2.88. The number of carbonyl (C=O) groups is 1. The van der Waals surface area contributed by atoms with Gasteiger partial charge in [-0.15, -0.1) is 10.2 Å². The number of hydrogen-bond donors (Lipinski definition) is 3. The number of rotatable bonds is 9. The summed E-state index contributed by atoms with van der Waals surface area (Å²) in [5.74, 6) is 1.50. The largest absolute Gasteiger partial charge is 0.480 e. The van der Waals surface area contributed by atoms with Crippen molar-refractivity contribution in [1.29, 1.82) is 0 Å². The summed E-state index contributed by atoms with van der Waals surface area (Å²) in [5.41, 5.74) is 0.607. The Bertz CT molecular complexity index is 1240. The van der Waals surface area contributed by atoms with Crippen molar-refractivity contribution in [1.82, 2.24) is 30.0 Å². The van der Waals surface area contributed by atoms with Gasteiger partial charge >= 0.3 is 5.97 Å². The fourth-order valence-corrected chi connectivity index (χ4v) is 4.13. The van der Waals surface area contributed by atoms with E-state index in [1.807, 2.05) is 43.9 Å². The number of nitrogens with one attached hydrogen (secondary N) is 2. The van der Waals surface area contributed by atoms with Crippen molar-refractivity contribution in [3.8, 4) is 0 Å². The maximum atomic E-state index is 11.5. The van der Waals surface area contributed by atoms with Crippen LogP contribution in [0.25, 0.3) is 10.9 Å². The standard InChI is InChI=1S/C25H35N9O3/c1-15(2)27-22-21-17(13-18(28-22)16(3)37-6)14-26-24(30-21)29-19-7-8-20(32-31-19)33-9-11-34(12-10-33)25(4,5)23(35)36/h7-8,13-16H,9-12H2,1-6H3,(H,27,28)(H,35,36)(H,26,29,30,31)/t16-/m1/s1. The molecular formula is C25H35N9O3. The number of pyridine rings is 1. The molecule has 12 nitrogen and oxygen atoms in total. The fourth-order valence-electron chi connectivity index (χ4n) is 4.13. The van der Waals surface area contributed by atoms with Crippen LogP contribution < -0.4 is 15.5 Å². The second-order valence-corrected chi connectivity index (χ2v) is 9.94. The summed E-state index contributed by atoms with van der Waals surface area (Å²) in [5, 5.41) is 25.5. The number of fused-ring (bicyclic) bond motifs is 1. The van der Waals surface area contributed by atoms with Crippen molar-refractivity contribution in [2.24, 2.45) is 0 Å². The lowest BCUT2D eigenvalue weighted by Crippen LogP contribution is -2.58. The van der Waals surface area contributed by atoms with Crippen LogP contribution in [-0.2, 0) is 9.53 Å². The van der Waals surface area contributed by atoms with E-state index in [0.717, 1.165) is 16.9 Å². The van der Waals surface area contributed by atoms with Crippen molar-refractivity contribution in [2.45, 2.75) is 52.3 Å². The highest BCUT2D eigenvalue weighted by Crippen LogP contribution is 2.27. The summed E-state index contributed by atoms with van der Waals surface area (Å²) in [4.78, 5) is 29.5. The van der Waals surface area contributed by atoms with Crippen LogP contribution in [0.2, 0.25) is 0 Å². The van der Waals surface area contributed by atoms with Crippen LogP contribution in [-0.4, -0.2) is 86.0 Å². The van der Waals surface area contributed by atoms with Gasteiger partial charge in [-0.05, 0) is 52.8 Å². The Hall–Kier alpha value is -3.64. The first-order valence-corrected chi connectivity index (χ1v) is 12.4. The van der Waals surface area contributed by atoms with Crippen molar-refractivity contribution in [3.05, 3.63) is 30.1 Å². The topological polar surface area (TPSA) is 142 Å². The smallest absolute Gasteiger partial charge is 0.323 e. The Morgan fingerprint density at radius 3 is 2.43 bits per heavy atom. The van der Waals surface area contributed by atoms with Gasteiger partial charge in [-0.25, -0.2) is 15.0 Å². The van der Waals surface area contributed by atoms with E-state index in [1.165, 1.54) is 0 Å². The third-order valence-corrected chi connectivity index (χ3v) is 6.59. The lowest BCUT2D eigenvalue weighted by atomic mass is 10.0. The molecule has 37 heavy (non-hydrogen) atoms. The molecule has 0 aromatic carbocycles. The molecule has 3 N–H and O–H groups in total. The number of piperazine rings is 1. The number of methoxy groups -OCH3 is 1. The van der Waals surface area contributed by atoms with Crippen LogP contribution >= 0.6 is 0 Å². The Balaban J connectivity index is 1.48. The van der Waals surface area contributed by atoms with Gasteiger partial charge < -0.3 is 25.4 Å². The average molecular weight is 510 g/mol. The van der Waals surface area contributed by atoms with E-state index in [9.17, 15) is 9.90 Å². The van der Waals surface area contributed by atoms with Gasteiger partial charge in [0.05, 0.1) is 11.8 Å². The van der Waals surface area contributed by atoms with Gasteiger partial charge in [-0.1, -0.05) is 0 Å². The minimum Gasteiger partial charge on any atom is -0.480 e. The molecule has 0 radical (unpaired) electrons. The maximum Gasteiger partial charge on any atom is 0.323 e. The minimum absolute atomic E-state index is 0.157. The quantitative estimate of drug-likeness (QED) is 0.390. The van der Waals surface area contributed by atoms with E-state index in [1.54, 1.807) is 27.2 Å². The summed E-state index contributed by atoms with van der Waals surface area (Å²) < 4.78 is 5.44. The van der Waals surface area contributed by atoms with Crippen LogP contribution in [0.5, 0.6) is 0 Å². The number of nitrogens with zero attached hydrogens (tertiary/aromatic N) is 7. The van der Waals surface area contributed by atoms with Gasteiger partial charge in [-0.2, -0.15) is 0 Å². The summed E-state index contributed by atoms with van der Waals surface area (Å²) >= 11 is 0. The molecule has 0 aliphatic carbocycles. The van der Waals surface area contributed by atoms with Gasteiger partial charge in [0.1, 0.15) is 11.1 Å². The Kier molecular flexibility index (Phi) is 7.69. The highest BCUT2D eigenvalue weighted by molar-refractivity contribution is 5.89. The van der Waals surface area contributed by atoms with Crippen LogP contribution in [0.4, 0.5) is 23.4 Å². The van der Waals surface area contributed by atoms with E-state index in [2.05, 4.69) is 35.7 Å². The first-order chi connectivity index (χ1) is 17.6. The predicted molar refractivity (Wildman–Crippen MR) is 142 cm³/mol. The molecule has 1 atom stereocenters. The zero-order valence-electron chi connectivity index (χ0n) is 22.2. The number of anilines is 4. The Morgan fingerprint density at radius 2 is 1.84 bits per heavy atom.